The summed E-state index contributed by atoms with van der Waals surface area (Å²) >= 11 is 0. The number of amides is 1. The Balaban J connectivity index is 1.83. The second-order valence-electron chi connectivity index (χ2n) is 8.71. The molecule has 1 heterocycles. The summed E-state index contributed by atoms with van der Waals surface area (Å²) in [6, 6.07) is 1.34. The molecule has 0 bridgehead atoms. The summed E-state index contributed by atoms with van der Waals surface area (Å²) in [5.74, 6) is 0.956. The number of piperidine rings is 1. The maximum atomic E-state index is 12.5. The Morgan fingerprint density at radius 2 is 1.78 bits per heavy atom. The summed E-state index contributed by atoms with van der Waals surface area (Å²) in [6.07, 6.45) is 8.41. The molecule has 1 amide bonds. The van der Waals surface area contributed by atoms with Crippen LogP contribution in [0.2, 0.25) is 0 Å². The summed E-state index contributed by atoms with van der Waals surface area (Å²) in [5.41, 5.74) is -0.415. The molecule has 0 aromatic rings. The van der Waals surface area contributed by atoms with E-state index in [1.807, 2.05) is 25.7 Å². The first-order chi connectivity index (χ1) is 10.7. The van der Waals surface area contributed by atoms with Gasteiger partial charge in [0, 0.05) is 24.7 Å². The minimum absolute atomic E-state index is 0.138. The monoisotopic (exact) mass is 324 g/mol. The number of ether oxygens (including phenoxy) is 1. The predicted octanol–water partition coefficient (Wildman–Crippen LogP) is 4.33. The van der Waals surface area contributed by atoms with E-state index in [1.54, 1.807) is 0 Å². The molecule has 23 heavy (non-hydrogen) atoms. The van der Waals surface area contributed by atoms with Crippen LogP contribution in [0.15, 0.2) is 0 Å². The Morgan fingerprint density at radius 3 is 2.39 bits per heavy atom. The topological polar surface area (TPSA) is 41.6 Å². The molecule has 2 fully saturated rings. The zero-order valence-electron chi connectivity index (χ0n) is 15.7. The van der Waals surface area contributed by atoms with Crippen LogP contribution in [0.25, 0.3) is 0 Å². The van der Waals surface area contributed by atoms with Crippen molar-refractivity contribution in [1.82, 2.24) is 10.2 Å². The lowest BCUT2D eigenvalue weighted by atomic mass is 9.96. The van der Waals surface area contributed by atoms with Gasteiger partial charge in [0.15, 0.2) is 0 Å². The number of nitrogens with one attached hydrogen (secondary N) is 1. The molecular formula is C19H36N2O2. The van der Waals surface area contributed by atoms with E-state index in [4.69, 9.17) is 4.74 Å². The van der Waals surface area contributed by atoms with Crippen molar-refractivity contribution in [3.8, 4) is 0 Å². The Morgan fingerprint density at radius 1 is 1.13 bits per heavy atom. The normalized spacial score (nSPS) is 25.1. The highest BCUT2D eigenvalue weighted by molar-refractivity contribution is 5.68. The molecule has 1 saturated heterocycles. The van der Waals surface area contributed by atoms with Crippen LogP contribution in [0.4, 0.5) is 4.79 Å². The third-order valence-electron chi connectivity index (χ3n) is 4.83. The Kier molecular flexibility index (Phi) is 6.35. The number of carbonyl (C=O) groups excluding carboxylic acids is 1. The molecule has 1 N–H and O–H groups in total. The molecular weight excluding hydrogens is 288 g/mol. The molecule has 1 saturated carbocycles. The van der Waals surface area contributed by atoms with E-state index in [0.717, 1.165) is 31.7 Å². The van der Waals surface area contributed by atoms with Crippen molar-refractivity contribution in [3.63, 3.8) is 0 Å². The lowest BCUT2D eigenvalue weighted by molar-refractivity contribution is 0.00780. The van der Waals surface area contributed by atoms with Gasteiger partial charge in [-0.25, -0.2) is 4.79 Å². The Labute approximate surface area is 142 Å². The molecule has 2 rings (SSSR count). The van der Waals surface area contributed by atoms with Crippen LogP contribution in [0.5, 0.6) is 0 Å². The van der Waals surface area contributed by atoms with Crippen molar-refractivity contribution in [2.75, 3.05) is 6.54 Å². The highest BCUT2D eigenvalue weighted by Gasteiger charge is 2.31. The van der Waals surface area contributed by atoms with Gasteiger partial charge in [-0.05, 0) is 72.6 Å². The number of hydrogen-bond acceptors (Lipinski definition) is 3. The SMILES string of the molecule is CC(CC1CC1)NC(C)CC1CCCCN1C(=O)OC(C)(C)C. The van der Waals surface area contributed by atoms with E-state index >= 15 is 0 Å². The first kappa shape index (κ1) is 18.6. The van der Waals surface area contributed by atoms with Crippen molar-refractivity contribution < 1.29 is 9.53 Å². The fraction of sp³-hybridized carbons (Fsp3) is 0.947. The molecule has 1 aliphatic carbocycles. The molecule has 0 radical (unpaired) electrons. The average molecular weight is 325 g/mol. The van der Waals surface area contributed by atoms with Crippen molar-refractivity contribution in [2.45, 2.75) is 103 Å². The van der Waals surface area contributed by atoms with Crippen LogP contribution in [-0.2, 0) is 4.74 Å². The minimum atomic E-state index is -0.415. The van der Waals surface area contributed by atoms with Gasteiger partial charge < -0.3 is 15.0 Å². The maximum Gasteiger partial charge on any atom is 0.410 e. The number of nitrogens with zero attached hydrogens (tertiary/aromatic N) is 1. The van der Waals surface area contributed by atoms with E-state index in [1.165, 1.54) is 25.7 Å². The quantitative estimate of drug-likeness (QED) is 0.790. The van der Waals surface area contributed by atoms with Crippen LogP contribution in [0.1, 0.15) is 79.6 Å². The van der Waals surface area contributed by atoms with Crippen molar-refractivity contribution in [2.24, 2.45) is 5.92 Å². The summed E-state index contributed by atoms with van der Waals surface area (Å²) in [6.45, 7) is 11.2. The number of hydrogen-bond donors (Lipinski definition) is 1. The summed E-state index contributed by atoms with van der Waals surface area (Å²) in [4.78, 5) is 14.4. The lowest BCUT2D eigenvalue weighted by Gasteiger charge is -2.38. The van der Waals surface area contributed by atoms with Gasteiger partial charge in [0.2, 0.25) is 0 Å². The van der Waals surface area contributed by atoms with Gasteiger partial charge in [0.25, 0.3) is 0 Å². The van der Waals surface area contributed by atoms with Gasteiger partial charge in [-0.2, -0.15) is 0 Å². The molecule has 3 atom stereocenters. The van der Waals surface area contributed by atoms with E-state index in [2.05, 4.69) is 19.2 Å². The minimum Gasteiger partial charge on any atom is -0.444 e. The van der Waals surface area contributed by atoms with Gasteiger partial charge in [0.1, 0.15) is 5.60 Å². The number of rotatable bonds is 6. The van der Waals surface area contributed by atoms with Crippen molar-refractivity contribution in [1.29, 1.82) is 0 Å². The van der Waals surface area contributed by atoms with Gasteiger partial charge in [-0.1, -0.05) is 12.8 Å². The van der Waals surface area contributed by atoms with Crippen LogP contribution in [0.3, 0.4) is 0 Å². The molecule has 0 aromatic heterocycles. The molecule has 1 aliphatic heterocycles. The van der Waals surface area contributed by atoms with E-state index in [-0.39, 0.29) is 6.09 Å². The van der Waals surface area contributed by atoms with Gasteiger partial charge >= 0.3 is 6.09 Å². The predicted molar refractivity (Wildman–Crippen MR) is 94.6 cm³/mol. The third kappa shape index (κ3) is 6.70. The van der Waals surface area contributed by atoms with E-state index < -0.39 is 5.60 Å². The number of carbonyl (C=O) groups is 1. The second kappa shape index (κ2) is 7.87. The van der Waals surface area contributed by atoms with E-state index in [0.29, 0.717) is 18.1 Å². The van der Waals surface area contributed by atoms with Crippen molar-refractivity contribution >= 4 is 6.09 Å². The van der Waals surface area contributed by atoms with Crippen LogP contribution >= 0.6 is 0 Å². The summed E-state index contributed by atoms with van der Waals surface area (Å²) in [5, 5.41) is 3.73. The smallest absolute Gasteiger partial charge is 0.410 e. The molecule has 3 unspecified atom stereocenters. The molecule has 2 aliphatic rings. The molecule has 4 nitrogen and oxygen atoms in total. The largest absolute Gasteiger partial charge is 0.444 e. The van der Waals surface area contributed by atoms with Crippen LogP contribution in [0, 0.1) is 5.92 Å². The Hall–Kier alpha value is -0.770. The first-order valence-electron chi connectivity index (χ1n) is 9.50. The zero-order valence-corrected chi connectivity index (χ0v) is 15.7. The first-order valence-corrected chi connectivity index (χ1v) is 9.50. The lowest BCUT2D eigenvalue weighted by Crippen LogP contribution is -2.49. The molecule has 0 spiro atoms. The zero-order chi connectivity index (χ0) is 17.0. The number of likely N-dealkylation sites (tertiary alicyclic amines) is 1. The molecule has 134 valence electrons. The summed E-state index contributed by atoms with van der Waals surface area (Å²) in [7, 11) is 0. The standard InChI is InChI=1S/C19H36N2O2/c1-14(12-16-9-10-16)20-15(2)13-17-8-6-7-11-21(17)18(22)23-19(3,4)5/h14-17,20H,6-13H2,1-5H3. The molecule has 4 heteroatoms. The average Bonchev–Trinajstić information content (AvgIpc) is 3.20. The Bertz CT molecular complexity index is 387. The second-order valence-corrected chi connectivity index (χ2v) is 8.71. The fourth-order valence-electron chi connectivity index (χ4n) is 3.69. The fourth-order valence-corrected chi connectivity index (χ4v) is 3.69. The maximum absolute atomic E-state index is 12.5. The highest BCUT2D eigenvalue weighted by atomic mass is 16.6. The van der Waals surface area contributed by atoms with Gasteiger partial charge in [-0.15, -0.1) is 0 Å². The summed E-state index contributed by atoms with van der Waals surface area (Å²) < 4.78 is 5.60. The van der Waals surface area contributed by atoms with Crippen LogP contribution in [-0.4, -0.2) is 41.3 Å². The van der Waals surface area contributed by atoms with Gasteiger partial charge in [0.05, 0.1) is 0 Å². The third-order valence-corrected chi connectivity index (χ3v) is 4.83. The van der Waals surface area contributed by atoms with Gasteiger partial charge in [-0.3, -0.25) is 0 Å². The van der Waals surface area contributed by atoms with E-state index in [9.17, 15) is 4.79 Å². The molecule has 0 aromatic carbocycles. The van der Waals surface area contributed by atoms with Crippen LogP contribution < -0.4 is 5.32 Å². The highest BCUT2D eigenvalue weighted by Crippen LogP contribution is 2.33. The van der Waals surface area contributed by atoms with Crippen molar-refractivity contribution in [3.05, 3.63) is 0 Å².